The van der Waals surface area contributed by atoms with E-state index < -0.39 is 0 Å². The molecule has 1 unspecified atom stereocenters. The number of carbonyl (C=O) groups excluding carboxylic acids is 1. The van der Waals surface area contributed by atoms with Crippen LogP contribution < -0.4 is 5.32 Å². The van der Waals surface area contributed by atoms with E-state index in [1.54, 1.807) is 35.3 Å². The number of furan rings is 1. The van der Waals surface area contributed by atoms with Gasteiger partial charge in [0.2, 0.25) is 0 Å². The largest absolute Gasteiger partial charge is 0.456 e. The average Bonchev–Trinajstić information content (AvgIpc) is 3.14. The van der Waals surface area contributed by atoms with Crippen molar-refractivity contribution in [3.8, 4) is 0 Å². The molecule has 1 heterocycles. The normalized spacial score (nSPS) is 12.3. The van der Waals surface area contributed by atoms with Crippen molar-refractivity contribution >= 4 is 27.8 Å². The van der Waals surface area contributed by atoms with Gasteiger partial charge in [-0.05, 0) is 43.0 Å². The van der Waals surface area contributed by atoms with Gasteiger partial charge in [0.25, 0.3) is 5.91 Å². The van der Waals surface area contributed by atoms with Gasteiger partial charge >= 0.3 is 0 Å². The topological polar surface area (TPSA) is 48.7 Å². The third-order valence-electron chi connectivity index (χ3n) is 4.98. The number of amides is 1. The molecule has 154 valence electrons. The minimum atomic E-state index is -0.128. The van der Waals surface area contributed by atoms with Crippen LogP contribution in [0.4, 0.5) is 0 Å². The van der Waals surface area contributed by atoms with E-state index in [4.69, 9.17) is 4.42 Å². The molecule has 1 amide bonds. The molecule has 0 aliphatic rings. The summed E-state index contributed by atoms with van der Waals surface area (Å²) in [5.41, 5.74) is 5.94. The highest BCUT2D eigenvalue weighted by Crippen LogP contribution is 2.30. The molecule has 3 aromatic rings. The van der Waals surface area contributed by atoms with Crippen LogP contribution in [0, 0.1) is 0 Å². The van der Waals surface area contributed by atoms with Gasteiger partial charge < -0.3 is 19.5 Å². The van der Waals surface area contributed by atoms with E-state index in [1.165, 1.54) is 0 Å². The Balaban J connectivity index is 1.91. The smallest absolute Gasteiger partial charge is 0.271 e. The van der Waals surface area contributed by atoms with Crippen molar-refractivity contribution < 1.29 is 9.21 Å². The zero-order valence-corrected chi connectivity index (χ0v) is 17.7. The predicted octanol–water partition coefficient (Wildman–Crippen LogP) is 4.95. The predicted molar refractivity (Wildman–Crippen MR) is 123 cm³/mol. The summed E-state index contributed by atoms with van der Waals surface area (Å²) < 4.78 is 5.92. The molecule has 0 aliphatic heterocycles. The molecule has 3 rings (SSSR count). The molecule has 1 atom stereocenters. The van der Waals surface area contributed by atoms with Crippen molar-refractivity contribution in [3.05, 3.63) is 91.1 Å². The van der Waals surface area contributed by atoms with Gasteiger partial charge in [-0.1, -0.05) is 37.4 Å². The summed E-state index contributed by atoms with van der Waals surface area (Å²) in [4.78, 5) is 16.3. The number of likely N-dealkylation sites (N-methyl/N-ethyl adjacent to an activating group) is 1. The monoisotopic (exact) mass is 401 g/mol. The lowest BCUT2D eigenvalue weighted by molar-refractivity contribution is -0.126. The summed E-state index contributed by atoms with van der Waals surface area (Å²) in [6.07, 6.45) is 5.10. The zero-order valence-electron chi connectivity index (χ0n) is 17.7. The summed E-state index contributed by atoms with van der Waals surface area (Å²) in [6, 6.07) is 14.0. The maximum atomic E-state index is 13.0. The Kier molecular flexibility index (Phi) is 6.45. The number of nitrogens with zero attached hydrogens (tertiary/aromatic N) is 2. The van der Waals surface area contributed by atoms with E-state index in [0.29, 0.717) is 12.2 Å². The van der Waals surface area contributed by atoms with Crippen LogP contribution >= 0.6 is 0 Å². The standard InChI is InChI=1S/C25H27N3O2/c1-6-8-15-28(5)25(29)22(17-27(4)7-2)26-18(3)19-13-14-24-21(16-19)20-11-9-10-12-23(20)30-24/h7-14,16-18,26H,1-2,15H2,3-5H3/b22-17+. The maximum absolute atomic E-state index is 13.0. The van der Waals surface area contributed by atoms with Gasteiger partial charge in [-0.25, -0.2) is 0 Å². The second-order valence-corrected chi connectivity index (χ2v) is 7.20. The van der Waals surface area contributed by atoms with Gasteiger partial charge in [-0.15, -0.1) is 5.73 Å². The molecule has 5 heteroatoms. The van der Waals surface area contributed by atoms with Crippen molar-refractivity contribution in [2.24, 2.45) is 0 Å². The van der Waals surface area contributed by atoms with Gasteiger partial charge in [0.15, 0.2) is 0 Å². The third kappa shape index (κ3) is 4.48. The first-order valence-electron chi connectivity index (χ1n) is 9.78. The Morgan fingerprint density at radius 2 is 1.93 bits per heavy atom. The molecule has 5 nitrogen and oxygen atoms in total. The van der Waals surface area contributed by atoms with E-state index in [9.17, 15) is 4.79 Å². The van der Waals surface area contributed by atoms with Gasteiger partial charge in [-0.2, -0.15) is 0 Å². The molecular formula is C25H27N3O2. The first-order chi connectivity index (χ1) is 14.4. The Morgan fingerprint density at radius 3 is 2.67 bits per heavy atom. The molecule has 0 radical (unpaired) electrons. The molecular weight excluding hydrogens is 374 g/mol. The Morgan fingerprint density at radius 1 is 1.20 bits per heavy atom. The highest BCUT2D eigenvalue weighted by Gasteiger charge is 2.18. The number of carbonyl (C=O) groups is 1. The Bertz CT molecular complexity index is 1150. The first-order valence-corrected chi connectivity index (χ1v) is 9.78. The fraction of sp³-hybridized carbons (Fsp3) is 0.200. The number of rotatable bonds is 8. The maximum Gasteiger partial charge on any atom is 0.271 e. The number of hydrogen-bond donors (Lipinski definition) is 1. The summed E-state index contributed by atoms with van der Waals surface area (Å²) >= 11 is 0. The lowest BCUT2D eigenvalue weighted by Gasteiger charge is -2.23. The molecule has 0 saturated carbocycles. The molecule has 1 aromatic heterocycles. The SMILES string of the molecule is C=C=CCN(C)C(=O)/C(=C\N(C)C=C)NC(C)c1ccc2oc3ccccc3c2c1. The van der Waals surface area contributed by atoms with Crippen molar-refractivity contribution in [2.45, 2.75) is 13.0 Å². The lowest BCUT2D eigenvalue weighted by atomic mass is 10.0. The van der Waals surface area contributed by atoms with Gasteiger partial charge in [0.1, 0.15) is 16.9 Å². The minimum absolute atomic E-state index is 0.0974. The van der Waals surface area contributed by atoms with Crippen LogP contribution in [0.3, 0.4) is 0 Å². The molecule has 0 bridgehead atoms. The first kappa shape index (κ1) is 21.0. The van der Waals surface area contributed by atoms with Crippen molar-refractivity contribution in [1.82, 2.24) is 15.1 Å². The second-order valence-electron chi connectivity index (χ2n) is 7.20. The Hall–Kier alpha value is -3.69. The van der Waals surface area contributed by atoms with Crippen LogP contribution in [0.25, 0.3) is 21.9 Å². The molecule has 0 fully saturated rings. The summed E-state index contributed by atoms with van der Waals surface area (Å²) in [5, 5.41) is 5.50. The Labute approximate surface area is 177 Å². The minimum Gasteiger partial charge on any atom is -0.456 e. The number of hydrogen-bond acceptors (Lipinski definition) is 4. The van der Waals surface area contributed by atoms with Gasteiger partial charge in [0, 0.05) is 43.7 Å². The fourth-order valence-corrected chi connectivity index (χ4v) is 3.23. The quantitative estimate of drug-likeness (QED) is 0.428. The van der Waals surface area contributed by atoms with Crippen LogP contribution in [-0.4, -0.2) is 36.3 Å². The lowest BCUT2D eigenvalue weighted by Crippen LogP contribution is -2.35. The number of fused-ring (bicyclic) bond motifs is 3. The van der Waals surface area contributed by atoms with Gasteiger partial charge in [0.05, 0.1) is 0 Å². The summed E-state index contributed by atoms with van der Waals surface area (Å²) in [6.45, 7) is 9.77. The average molecular weight is 402 g/mol. The fourth-order valence-electron chi connectivity index (χ4n) is 3.23. The molecule has 0 spiro atoms. The zero-order chi connectivity index (χ0) is 21.7. The van der Waals surface area contributed by atoms with Crippen LogP contribution in [0.1, 0.15) is 18.5 Å². The summed E-state index contributed by atoms with van der Waals surface area (Å²) in [7, 11) is 3.58. The third-order valence-corrected chi connectivity index (χ3v) is 4.98. The molecule has 0 aliphatic carbocycles. The van der Waals surface area contributed by atoms with Crippen molar-refractivity contribution in [1.29, 1.82) is 0 Å². The highest BCUT2D eigenvalue weighted by atomic mass is 16.3. The second kappa shape index (κ2) is 9.21. The number of benzene rings is 2. The highest BCUT2D eigenvalue weighted by molar-refractivity contribution is 6.05. The van der Waals surface area contributed by atoms with Crippen molar-refractivity contribution in [3.63, 3.8) is 0 Å². The van der Waals surface area contributed by atoms with Crippen LogP contribution in [0.15, 0.2) is 89.9 Å². The van der Waals surface area contributed by atoms with E-state index >= 15 is 0 Å². The van der Waals surface area contributed by atoms with Crippen LogP contribution in [-0.2, 0) is 4.79 Å². The van der Waals surface area contributed by atoms with Crippen molar-refractivity contribution in [2.75, 3.05) is 20.6 Å². The van der Waals surface area contributed by atoms with Crippen LogP contribution in [0.2, 0.25) is 0 Å². The van der Waals surface area contributed by atoms with E-state index in [2.05, 4.69) is 36.3 Å². The molecule has 0 saturated heterocycles. The van der Waals surface area contributed by atoms with Crippen LogP contribution in [0.5, 0.6) is 0 Å². The summed E-state index contributed by atoms with van der Waals surface area (Å²) in [5.74, 6) is -0.128. The molecule has 30 heavy (non-hydrogen) atoms. The molecule has 2 aromatic carbocycles. The van der Waals surface area contributed by atoms with Gasteiger partial charge in [-0.3, -0.25) is 4.79 Å². The van der Waals surface area contributed by atoms with E-state index in [-0.39, 0.29) is 11.9 Å². The van der Waals surface area contributed by atoms with E-state index in [0.717, 1.165) is 27.5 Å². The number of para-hydroxylation sites is 1. The number of nitrogens with one attached hydrogen (secondary N) is 1. The van der Waals surface area contributed by atoms with E-state index in [1.807, 2.05) is 44.3 Å². The molecule has 1 N–H and O–H groups in total.